The number of fused-ring (bicyclic) bond motifs is 1. The monoisotopic (exact) mass is 225 g/mol. The summed E-state index contributed by atoms with van der Waals surface area (Å²) in [7, 11) is 0. The average molecular weight is 225 g/mol. The van der Waals surface area contributed by atoms with Crippen LogP contribution in [0.4, 0.5) is 0 Å². The summed E-state index contributed by atoms with van der Waals surface area (Å²) < 4.78 is 0. The Bertz CT molecular complexity index is 626. The van der Waals surface area contributed by atoms with Crippen LogP contribution < -0.4 is 0 Å². The normalized spacial score (nSPS) is 19.2. The largest absolute Gasteiger partial charge is 0.348 e. The Kier molecular flexibility index (Phi) is 2.18. The maximum Gasteiger partial charge on any atom is 0.348 e. The maximum absolute atomic E-state index is 11.7. The summed E-state index contributed by atoms with van der Waals surface area (Å²) in [6.07, 6.45) is 0. The van der Waals surface area contributed by atoms with Crippen LogP contribution in [0.2, 0.25) is 0 Å². The molecule has 0 spiro atoms. The Labute approximate surface area is 98.7 Å². The van der Waals surface area contributed by atoms with E-state index in [0.717, 1.165) is 16.3 Å². The van der Waals surface area contributed by atoms with Gasteiger partial charge in [-0.05, 0) is 23.3 Å². The topological polar surface area (TPSA) is 38.7 Å². The fourth-order valence-corrected chi connectivity index (χ4v) is 2.25. The Morgan fingerprint density at radius 2 is 1.88 bits per heavy atom. The van der Waals surface area contributed by atoms with E-state index in [2.05, 4.69) is 5.16 Å². The van der Waals surface area contributed by atoms with Gasteiger partial charge in [0.05, 0.1) is 5.71 Å². The number of carbonyl (C=O) groups excluding carboxylic acids is 1. The Hall–Kier alpha value is -2.16. The maximum atomic E-state index is 11.7. The van der Waals surface area contributed by atoms with Crippen LogP contribution in [0.3, 0.4) is 0 Å². The van der Waals surface area contributed by atoms with Gasteiger partial charge in [0.15, 0.2) is 0 Å². The van der Waals surface area contributed by atoms with Crippen molar-refractivity contribution in [3.8, 4) is 0 Å². The number of nitrogens with zero attached hydrogens (tertiary/aromatic N) is 1. The van der Waals surface area contributed by atoms with Gasteiger partial charge >= 0.3 is 5.97 Å². The third-order valence-corrected chi connectivity index (χ3v) is 3.07. The number of hydrogen-bond acceptors (Lipinski definition) is 3. The van der Waals surface area contributed by atoms with Crippen molar-refractivity contribution in [1.29, 1.82) is 0 Å². The summed E-state index contributed by atoms with van der Waals surface area (Å²) in [5, 5.41) is 5.95. The molecule has 17 heavy (non-hydrogen) atoms. The number of benzene rings is 2. The van der Waals surface area contributed by atoms with Crippen molar-refractivity contribution in [2.75, 3.05) is 0 Å². The van der Waals surface area contributed by atoms with E-state index in [-0.39, 0.29) is 11.9 Å². The minimum Gasteiger partial charge on any atom is -0.317 e. The van der Waals surface area contributed by atoms with Crippen molar-refractivity contribution in [3.05, 3.63) is 48.0 Å². The van der Waals surface area contributed by atoms with Gasteiger partial charge in [-0.25, -0.2) is 4.79 Å². The molecule has 1 aliphatic heterocycles. The molecule has 2 aromatic rings. The highest BCUT2D eigenvalue weighted by molar-refractivity contribution is 6.11. The molecule has 0 unspecified atom stereocenters. The second-order valence-electron chi connectivity index (χ2n) is 4.14. The van der Waals surface area contributed by atoms with Crippen LogP contribution in [0.25, 0.3) is 10.8 Å². The van der Waals surface area contributed by atoms with Gasteiger partial charge in [0, 0.05) is 0 Å². The molecule has 0 aromatic heterocycles. The molecule has 0 amide bonds. The van der Waals surface area contributed by atoms with E-state index in [0.29, 0.717) is 5.71 Å². The van der Waals surface area contributed by atoms with Crippen molar-refractivity contribution in [1.82, 2.24) is 0 Å². The van der Waals surface area contributed by atoms with E-state index in [1.807, 2.05) is 49.4 Å². The molecule has 3 heteroatoms. The molecule has 1 atom stereocenters. The van der Waals surface area contributed by atoms with Gasteiger partial charge in [-0.2, -0.15) is 0 Å². The lowest BCUT2D eigenvalue weighted by Crippen LogP contribution is -2.14. The SMILES string of the molecule is CC1=NOC(=O)[C@H]1c1cccc2ccccc12. The third-order valence-electron chi connectivity index (χ3n) is 3.07. The lowest BCUT2D eigenvalue weighted by atomic mass is 9.91. The van der Waals surface area contributed by atoms with Crippen molar-refractivity contribution in [3.63, 3.8) is 0 Å². The van der Waals surface area contributed by atoms with Crippen LogP contribution in [0, 0.1) is 0 Å². The fraction of sp³-hybridized carbons (Fsp3) is 0.143. The molecule has 0 saturated carbocycles. The Morgan fingerprint density at radius 3 is 2.65 bits per heavy atom. The quantitative estimate of drug-likeness (QED) is 0.700. The molecule has 0 radical (unpaired) electrons. The third kappa shape index (κ3) is 1.51. The fourth-order valence-electron chi connectivity index (χ4n) is 2.25. The van der Waals surface area contributed by atoms with E-state index in [4.69, 9.17) is 4.84 Å². The Morgan fingerprint density at radius 1 is 1.12 bits per heavy atom. The predicted octanol–water partition coefficient (Wildman–Crippen LogP) is 2.86. The van der Waals surface area contributed by atoms with Crippen molar-refractivity contribution in [2.24, 2.45) is 5.16 Å². The molecular weight excluding hydrogens is 214 g/mol. The van der Waals surface area contributed by atoms with Crippen LogP contribution >= 0.6 is 0 Å². The van der Waals surface area contributed by atoms with Gasteiger partial charge in [0.2, 0.25) is 0 Å². The highest BCUT2D eigenvalue weighted by Gasteiger charge is 2.32. The van der Waals surface area contributed by atoms with E-state index in [9.17, 15) is 4.79 Å². The minimum absolute atomic E-state index is 0.293. The molecule has 2 aromatic carbocycles. The molecule has 0 N–H and O–H groups in total. The molecule has 1 heterocycles. The van der Waals surface area contributed by atoms with Gasteiger partial charge in [0.1, 0.15) is 5.92 Å². The first-order valence-corrected chi connectivity index (χ1v) is 5.50. The standard InChI is InChI=1S/C14H11NO2/c1-9-13(14(16)17-15-9)12-8-4-6-10-5-2-3-7-11(10)12/h2-8,13H,1H3/t13-/m1/s1. The molecule has 0 fully saturated rings. The summed E-state index contributed by atoms with van der Waals surface area (Å²) in [6.45, 7) is 1.82. The van der Waals surface area contributed by atoms with E-state index in [1.165, 1.54) is 0 Å². The predicted molar refractivity (Wildman–Crippen MR) is 65.9 cm³/mol. The molecule has 0 aliphatic carbocycles. The van der Waals surface area contributed by atoms with Gasteiger partial charge in [-0.15, -0.1) is 0 Å². The molecule has 0 bridgehead atoms. The second-order valence-corrected chi connectivity index (χ2v) is 4.14. The number of rotatable bonds is 1. The average Bonchev–Trinajstić information content (AvgIpc) is 2.69. The van der Waals surface area contributed by atoms with Gasteiger partial charge in [-0.1, -0.05) is 47.6 Å². The first-order valence-electron chi connectivity index (χ1n) is 5.50. The van der Waals surface area contributed by atoms with Crippen LogP contribution in [-0.2, 0) is 9.63 Å². The van der Waals surface area contributed by atoms with Crippen LogP contribution in [0.5, 0.6) is 0 Å². The summed E-state index contributed by atoms with van der Waals surface area (Å²) in [6, 6.07) is 14.0. The van der Waals surface area contributed by atoms with Crippen molar-refractivity contribution in [2.45, 2.75) is 12.8 Å². The number of oxime groups is 1. The molecule has 3 nitrogen and oxygen atoms in total. The van der Waals surface area contributed by atoms with E-state index < -0.39 is 0 Å². The second kappa shape index (κ2) is 3.70. The zero-order valence-electron chi connectivity index (χ0n) is 9.38. The minimum atomic E-state index is -0.360. The smallest absolute Gasteiger partial charge is 0.317 e. The molecule has 84 valence electrons. The molecule has 3 rings (SSSR count). The summed E-state index contributed by atoms with van der Waals surface area (Å²) in [5.74, 6) is -0.653. The van der Waals surface area contributed by atoms with Gasteiger partial charge in [-0.3, -0.25) is 0 Å². The molecule has 0 saturated heterocycles. The lowest BCUT2D eigenvalue weighted by Gasteiger charge is -2.10. The molecular formula is C14H11NO2. The lowest BCUT2D eigenvalue weighted by molar-refractivity contribution is -0.141. The van der Waals surface area contributed by atoms with Crippen LogP contribution in [0.15, 0.2) is 47.6 Å². The number of hydrogen-bond donors (Lipinski definition) is 0. The van der Waals surface area contributed by atoms with E-state index >= 15 is 0 Å². The highest BCUT2D eigenvalue weighted by Crippen LogP contribution is 2.30. The molecule has 1 aliphatic rings. The summed E-state index contributed by atoms with van der Waals surface area (Å²) >= 11 is 0. The van der Waals surface area contributed by atoms with E-state index in [1.54, 1.807) is 0 Å². The first kappa shape index (κ1) is 10.0. The van der Waals surface area contributed by atoms with Crippen LogP contribution in [-0.4, -0.2) is 11.7 Å². The van der Waals surface area contributed by atoms with Gasteiger partial charge in [0.25, 0.3) is 0 Å². The van der Waals surface area contributed by atoms with Crippen molar-refractivity contribution < 1.29 is 9.63 Å². The Balaban J connectivity index is 2.24. The van der Waals surface area contributed by atoms with Gasteiger partial charge < -0.3 is 4.84 Å². The van der Waals surface area contributed by atoms with Crippen molar-refractivity contribution >= 4 is 22.5 Å². The zero-order valence-corrected chi connectivity index (χ0v) is 9.38. The summed E-state index contributed by atoms with van der Waals surface area (Å²) in [4.78, 5) is 16.4. The summed E-state index contributed by atoms with van der Waals surface area (Å²) in [5.41, 5.74) is 1.68. The zero-order chi connectivity index (χ0) is 11.8. The number of carbonyl (C=O) groups is 1. The first-order chi connectivity index (χ1) is 8.27. The van der Waals surface area contributed by atoms with Crippen LogP contribution in [0.1, 0.15) is 18.4 Å². The highest BCUT2D eigenvalue weighted by atomic mass is 16.7.